The van der Waals surface area contributed by atoms with Crippen LogP contribution in [0.2, 0.25) is 0 Å². The van der Waals surface area contributed by atoms with E-state index in [2.05, 4.69) is 4.98 Å². The smallest absolute Gasteiger partial charge is 0.287 e. The Hall–Kier alpha value is -3.19. The molecule has 7 heteroatoms. The van der Waals surface area contributed by atoms with Crippen LogP contribution in [-0.2, 0) is 6.42 Å². The van der Waals surface area contributed by atoms with Gasteiger partial charge in [0.15, 0.2) is 0 Å². The second-order valence-electron chi connectivity index (χ2n) is 5.99. The molecule has 0 saturated carbocycles. The molecule has 2 aromatic heterocycles. The molecule has 0 N–H and O–H groups in total. The minimum Gasteiger partial charge on any atom is -0.492 e. The fraction of sp³-hybridized carbons (Fsp3) is 0.150. The van der Waals surface area contributed by atoms with E-state index < -0.39 is 0 Å². The zero-order valence-electron chi connectivity index (χ0n) is 14.5. The molecule has 0 unspecified atom stereocenters. The average Bonchev–Trinajstić information content (AvgIpc) is 3.30. The Morgan fingerprint density at radius 3 is 2.78 bits per heavy atom. The Morgan fingerprint density at radius 2 is 2.00 bits per heavy atom. The van der Waals surface area contributed by atoms with Crippen LogP contribution in [0.25, 0.3) is 21.5 Å². The molecule has 0 aliphatic carbocycles. The molecule has 0 atom stereocenters. The van der Waals surface area contributed by atoms with Crippen molar-refractivity contribution < 1.29 is 14.1 Å². The first-order valence-corrected chi connectivity index (χ1v) is 9.30. The van der Waals surface area contributed by atoms with Crippen molar-refractivity contribution in [3.63, 3.8) is 0 Å². The van der Waals surface area contributed by atoms with Crippen molar-refractivity contribution >= 4 is 27.1 Å². The average molecular weight is 380 g/mol. The molecule has 0 fully saturated rings. The van der Waals surface area contributed by atoms with E-state index >= 15 is 0 Å². The number of aryl methyl sites for hydroxylation is 1. The van der Waals surface area contributed by atoms with E-state index in [1.165, 1.54) is 17.4 Å². The number of benzene rings is 2. The molecule has 136 valence electrons. The predicted molar refractivity (Wildman–Crippen MR) is 104 cm³/mol. The number of aromatic nitrogens is 1. The van der Waals surface area contributed by atoms with Gasteiger partial charge in [-0.25, -0.2) is 4.98 Å². The second kappa shape index (κ2) is 7.20. The van der Waals surface area contributed by atoms with Crippen LogP contribution >= 0.6 is 11.3 Å². The predicted octanol–water partition coefficient (Wildman–Crippen LogP) is 5.39. The molecular formula is C20H16N2O4S. The standard InChI is InChI=1S/C20H16N2O4S/c1-13-16(21-20(26-13)14-5-3-2-4-6-14)9-11-25-18-8-7-17(22(23)24)19-15(18)10-12-27-19/h2-8,10,12H,9,11H2,1H3. The molecule has 4 aromatic rings. The van der Waals surface area contributed by atoms with Gasteiger partial charge in [0.1, 0.15) is 16.2 Å². The second-order valence-corrected chi connectivity index (χ2v) is 6.91. The molecule has 0 bridgehead atoms. The quantitative estimate of drug-likeness (QED) is 0.331. The van der Waals surface area contributed by atoms with Gasteiger partial charge in [-0.1, -0.05) is 18.2 Å². The van der Waals surface area contributed by atoms with Crippen molar-refractivity contribution in [1.29, 1.82) is 0 Å². The highest BCUT2D eigenvalue weighted by molar-refractivity contribution is 7.17. The molecule has 0 saturated heterocycles. The van der Waals surface area contributed by atoms with E-state index in [4.69, 9.17) is 9.15 Å². The highest BCUT2D eigenvalue weighted by Crippen LogP contribution is 2.36. The van der Waals surface area contributed by atoms with Crippen LogP contribution < -0.4 is 4.74 Å². The number of ether oxygens (including phenoxy) is 1. The van der Waals surface area contributed by atoms with Gasteiger partial charge in [-0.15, -0.1) is 11.3 Å². The number of oxazole rings is 1. The van der Waals surface area contributed by atoms with Gasteiger partial charge in [0, 0.05) is 23.4 Å². The maximum Gasteiger partial charge on any atom is 0.287 e. The van der Waals surface area contributed by atoms with E-state index in [1.54, 1.807) is 6.07 Å². The summed E-state index contributed by atoms with van der Waals surface area (Å²) in [6.07, 6.45) is 0.588. The van der Waals surface area contributed by atoms with Crippen molar-refractivity contribution in [2.45, 2.75) is 13.3 Å². The maximum atomic E-state index is 11.1. The number of non-ortho nitro benzene ring substituents is 1. The molecule has 27 heavy (non-hydrogen) atoms. The molecule has 0 aliphatic rings. The summed E-state index contributed by atoms with van der Waals surface area (Å²) in [7, 11) is 0. The largest absolute Gasteiger partial charge is 0.492 e. The Kier molecular flexibility index (Phi) is 4.60. The summed E-state index contributed by atoms with van der Waals surface area (Å²) in [4.78, 5) is 15.3. The van der Waals surface area contributed by atoms with Crippen molar-refractivity contribution in [3.8, 4) is 17.2 Å². The molecule has 2 aromatic carbocycles. The summed E-state index contributed by atoms with van der Waals surface area (Å²) >= 11 is 1.34. The summed E-state index contributed by atoms with van der Waals surface area (Å²) < 4.78 is 12.3. The normalized spacial score (nSPS) is 11.0. The van der Waals surface area contributed by atoms with Gasteiger partial charge < -0.3 is 9.15 Å². The van der Waals surface area contributed by atoms with Crippen LogP contribution in [0.1, 0.15) is 11.5 Å². The van der Waals surface area contributed by atoms with E-state index in [0.717, 1.165) is 22.4 Å². The number of nitro benzene ring substituents is 1. The summed E-state index contributed by atoms with van der Waals surface area (Å²) in [6, 6.07) is 14.7. The summed E-state index contributed by atoms with van der Waals surface area (Å²) in [5, 5.41) is 13.7. The van der Waals surface area contributed by atoms with Gasteiger partial charge in [0.05, 0.1) is 17.2 Å². The third kappa shape index (κ3) is 3.41. The molecule has 0 spiro atoms. The lowest BCUT2D eigenvalue weighted by Gasteiger charge is -2.07. The number of thiophene rings is 1. The number of nitrogens with zero attached hydrogens (tertiary/aromatic N) is 2. The summed E-state index contributed by atoms with van der Waals surface area (Å²) in [6.45, 7) is 2.29. The van der Waals surface area contributed by atoms with E-state index in [0.29, 0.717) is 29.4 Å². The first-order valence-electron chi connectivity index (χ1n) is 8.42. The van der Waals surface area contributed by atoms with Crippen LogP contribution in [0.5, 0.6) is 5.75 Å². The van der Waals surface area contributed by atoms with E-state index in [1.807, 2.05) is 48.7 Å². The Labute approximate surface area is 159 Å². The Morgan fingerprint density at radius 1 is 1.19 bits per heavy atom. The van der Waals surface area contributed by atoms with Crippen LogP contribution in [-0.4, -0.2) is 16.5 Å². The lowest BCUT2D eigenvalue weighted by atomic mass is 10.2. The number of hydrogen-bond acceptors (Lipinski definition) is 6. The monoisotopic (exact) mass is 380 g/mol. The first kappa shape index (κ1) is 17.2. The summed E-state index contributed by atoms with van der Waals surface area (Å²) in [5.74, 6) is 2.00. The number of fused-ring (bicyclic) bond motifs is 1. The third-order valence-electron chi connectivity index (χ3n) is 4.26. The molecule has 2 heterocycles. The summed E-state index contributed by atoms with van der Waals surface area (Å²) in [5.41, 5.74) is 1.88. The van der Waals surface area contributed by atoms with Crippen molar-refractivity contribution in [3.05, 3.63) is 75.5 Å². The third-order valence-corrected chi connectivity index (χ3v) is 5.20. The Balaban J connectivity index is 1.49. The molecule has 4 rings (SSSR count). The van der Waals surface area contributed by atoms with Crippen LogP contribution in [0, 0.1) is 17.0 Å². The molecule has 6 nitrogen and oxygen atoms in total. The first-order chi connectivity index (χ1) is 13.1. The van der Waals surface area contributed by atoms with Gasteiger partial charge in [-0.3, -0.25) is 10.1 Å². The number of nitro groups is 1. The molecular weight excluding hydrogens is 364 g/mol. The number of hydrogen-bond donors (Lipinski definition) is 0. The number of rotatable bonds is 6. The Bertz CT molecular complexity index is 1100. The zero-order valence-corrected chi connectivity index (χ0v) is 15.4. The zero-order chi connectivity index (χ0) is 18.8. The fourth-order valence-electron chi connectivity index (χ4n) is 2.91. The highest BCUT2D eigenvalue weighted by Gasteiger charge is 2.17. The minimum atomic E-state index is -0.369. The van der Waals surface area contributed by atoms with Gasteiger partial charge in [-0.05, 0) is 36.6 Å². The van der Waals surface area contributed by atoms with Gasteiger partial charge >= 0.3 is 0 Å². The van der Waals surface area contributed by atoms with Crippen LogP contribution in [0.15, 0.2) is 58.3 Å². The van der Waals surface area contributed by atoms with Gasteiger partial charge in [-0.2, -0.15) is 0 Å². The topological polar surface area (TPSA) is 78.4 Å². The van der Waals surface area contributed by atoms with Crippen molar-refractivity contribution in [2.24, 2.45) is 0 Å². The van der Waals surface area contributed by atoms with E-state index in [-0.39, 0.29) is 10.6 Å². The maximum absolute atomic E-state index is 11.1. The van der Waals surface area contributed by atoms with Crippen molar-refractivity contribution in [1.82, 2.24) is 4.98 Å². The minimum absolute atomic E-state index is 0.104. The highest BCUT2D eigenvalue weighted by atomic mass is 32.1. The van der Waals surface area contributed by atoms with E-state index in [9.17, 15) is 10.1 Å². The van der Waals surface area contributed by atoms with Crippen LogP contribution in [0.3, 0.4) is 0 Å². The molecule has 0 amide bonds. The van der Waals surface area contributed by atoms with Crippen LogP contribution in [0.4, 0.5) is 5.69 Å². The fourth-order valence-corrected chi connectivity index (χ4v) is 3.81. The lowest BCUT2D eigenvalue weighted by Crippen LogP contribution is -2.03. The van der Waals surface area contributed by atoms with Gasteiger partial charge in [0.25, 0.3) is 5.69 Å². The lowest BCUT2D eigenvalue weighted by molar-refractivity contribution is -0.382. The molecule has 0 aliphatic heterocycles. The SMILES string of the molecule is Cc1oc(-c2ccccc2)nc1CCOc1ccc([N+](=O)[O-])c2sccc12. The van der Waals surface area contributed by atoms with Crippen molar-refractivity contribution in [2.75, 3.05) is 6.61 Å². The van der Waals surface area contributed by atoms with Gasteiger partial charge in [0.2, 0.25) is 5.89 Å². The molecule has 0 radical (unpaired) electrons.